The second-order valence-corrected chi connectivity index (χ2v) is 6.17. The molecule has 0 bridgehead atoms. The Morgan fingerprint density at radius 2 is 2.06 bits per heavy atom. The third-order valence-electron chi connectivity index (χ3n) is 2.09. The number of ether oxygens (including phenoxy) is 1. The zero-order chi connectivity index (χ0) is 13.8. The van der Waals surface area contributed by atoms with E-state index in [1.165, 1.54) is 19.2 Å². The lowest BCUT2D eigenvalue weighted by Crippen LogP contribution is -2.26. The molecule has 1 aromatic rings. The van der Waals surface area contributed by atoms with E-state index in [1.807, 2.05) is 0 Å². The van der Waals surface area contributed by atoms with Crippen LogP contribution < -0.4 is 10.1 Å². The van der Waals surface area contributed by atoms with E-state index in [-0.39, 0.29) is 34.7 Å². The first kappa shape index (κ1) is 15.5. The Bertz CT molecular complexity index is 519. The average molecular weight is 314 g/mol. The summed E-state index contributed by atoms with van der Waals surface area (Å²) in [4.78, 5) is -0.110. The van der Waals surface area contributed by atoms with Gasteiger partial charge >= 0.3 is 0 Å². The van der Waals surface area contributed by atoms with Crippen molar-refractivity contribution in [1.29, 1.82) is 0 Å². The summed E-state index contributed by atoms with van der Waals surface area (Å²) in [6.07, 6.45) is 0. The minimum Gasteiger partial charge on any atom is -0.495 e. The molecule has 0 atom stereocenters. The third kappa shape index (κ3) is 3.73. The predicted molar refractivity (Wildman–Crippen MR) is 70.2 cm³/mol. The molecule has 0 unspecified atom stereocenters. The number of sulfone groups is 1. The van der Waals surface area contributed by atoms with Gasteiger partial charge in [-0.3, -0.25) is 0 Å². The van der Waals surface area contributed by atoms with Crippen molar-refractivity contribution in [1.82, 2.24) is 5.32 Å². The van der Waals surface area contributed by atoms with Gasteiger partial charge in [0.25, 0.3) is 0 Å². The second-order valence-electron chi connectivity index (χ2n) is 3.40. The summed E-state index contributed by atoms with van der Waals surface area (Å²) in [5.41, 5.74) is 0. The first-order valence-corrected chi connectivity index (χ1v) is 7.40. The van der Waals surface area contributed by atoms with Gasteiger partial charge in [-0.25, -0.2) is 8.42 Å². The fourth-order valence-corrected chi connectivity index (χ4v) is 3.54. The van der Waals surface area contributed by atoms with Gasteiger partial charge in [0.15, 0.2) is 9.84 Å². The Morgan fingerprint density at radius 1 is 1.39 bits per heavy atom. The first-order valence-electron chi connectivity index (χ1n) is 4.99. The summed E-state index contributed by atoms with van der Waals surface area (Å²) in [5, 5.41) is 11.5. The Labute approximate surface area is 116 Å². The molecule has 0 aliphatic carbocycles. The van der Waals surface area contributed by atoms with Crippen molar-refractivity contribution in [2.75, 3.05) is 26.1 Å². The minimum atomic E-state index is -3.66. The fourth-order valence-electron chi connectivity index (χ4n) is 1.35. The highest BCUT2D eigenvalue weighted by Gasteiger charge is 2.23. The Hall–Kier alpha value is -0.530. The lowest BCUT2D eigenvalue weighted by molar-refractivity contribution is 0.295. The molecule has 8 heteroatoms. The van der Waals surface area contributed by atoms with Crippen molar-refractivity contribution in [3.05, 3.63) is 22.2 Å². The van der Waals surface area contributed by atoms with E-state index in [1.54, 1.807) is 0 Å². The van der Waals surface area contributed by atoms with Gasteiger partial charge in [0.1, 0.15) is 16.5 Å². The molecule has 0 radical (unpaired) electrons. The molecule has 1 aromatic carbocycles. The van der Waals surface area contributed by atoms with Gasteiger partial charge in [-0.1, -0.05) is 23.2 Å². The summed E-state index contributed by atoms with van der Waals surface area (Å²) in [6, 6.07) is 2.72. The van der Waals surface area contributed by atoms with Crippen LogP contribution in [0.5, 0.6) is 5.75 Å². The maximum Gasteiger partial charge on any atom is 0.196 e. The van der Waals surface area contributed by atoms with Crippen LogP contribution in [0.4, 0.5) is 0 Å². The summed E-state index contributed by atoms with van der Waals surface area (Å²) in [6.45, 7) is 0.0216. The molecule has 18 heavy (non-hydrogen) atoms. The van der Waals surface area contributed by atoms with Crippen molar-refractivity contribution < 1.29 is 18.3 Å². The monoisotopic (exact) mass is 313 g/mol. The quantitative estimate of drug-likeness (QED) is 0.775. The van der Waals surface area contributed by atoms with E-state index >= 15 is 0 Å². The van der Waals surface area contributed by atoms with Crippen molar-refractivity contribution in [3.63, 3.8) is 0 Å². The normalized spacial score (nSPS) is 11.6. The van der Waals surface area contributed by atoms with Crippen LogP contribution in [0, 0.1) is 0 Å². The molecular formula is C10H13Cl2NO4S. The number of aliphatic hydroxyl groups excluding tert-OH is 1. The van der Waals surface area contributed by atoms with Crippen LogP contribution >= 0.6 is 23.2 Å². The van der Waals surface area contributed by atoms with Crippen LogP contribution in [0.15, 0.2) is 17.0 Å². The van der Waals surface area contributed by atoms with Crippen molar-refractivity contribution in [2.24, 2.45) is 0 Å². The molecule has 0 spiro atoms. The molecule has 0 fully saturated rings. The topological polar surface area (TPSA) is 75.6 Å². The third-order valence-corrected chi connectivity index (χ3v) is 4.34. The predicted octanol–water partition coefficient (Wildman–Crippen LogP) is 1.32. The molecule has 0 amide bonds. The van der Waals surface area contributed by atoms with Crippen molar-refractivity contribution in [3.8, 4) is 5.75 Å². The molecule has 0 heterocycles. The number of benzene rings is 1. The molecule has 0 aliphatic rings. The highest BCUT2D eigenvalue weighted by atomic mass is 35.5. The van der Waals surface area contributed by atoms with Gasteiger partial charge in [0.2, 0.25) is 0 Å². The zero-order valence-corrected chi connectivity index (χ0v) is 11.9. The standard InChI is InChI=1S/C10H13Cl2NO4S/c1-17-9-5-7(11)4-8(12)10(9)18(15,16)6-13-2-3-14/h4-5,13-14H,2-3,6H2,1H3. The van der Waals surface area contributed by atoms with Crippen molar-refractivity contribution >= 4 is 33.0 Å². The molecule has 0 saturated carbocycles. The number of rotatable bonds is 6. The SMILES string of the molecule is COc1cc(Cl)cc(Cl)c1S(=O)(=O)CNCCO. The lowest BCUT2D eigenvalue weighted by atomic mass is 10.3. The van der Waals surface area contributed by atoms with E-state index < -0.39 is 9.84 Å². The highest BCUT2D eigenvalue weighted by molar-refractivity contribution is 7.91. The van der Waals surface area contributed by atoms with Gasteiger partial charge in [-0.15, -0.1) is 0 Å². The average Bonchev–Trinajstić information content (AvgIpc) is 2.27. The Kier molecular flexibility index (Phi) is 5.68. The molecule has 1 rings (SSSR count). The number of nitrogens with one attached hydrogen (secondary N) is 1. The smallest absolute Gasteiger partial charge is 0.196 e. The largest absolute Gasteiger partial charge is 0.495 e. The second kappa shape index (κ2) is 6.58. The van der Waals surface area contributed by atoms with E-state index in [4.69, 9.17) is 33.0 Å². The Morgan fingerprint density at radius 3 is 2.61 bits per heavy atom. The Balaban J connectivity index is 3.15. The van der Waals surface area contributed by atoms with Crippen LogP contribution in [-0.2, 0) is 9.84 Å². The highest BCUT2D eigenvalue weighted by Crippen LogP contribution is 2.34. The van der Waals surface area contributed by atoms with Crippen LogP contribution in [0.1, 0.15) is 0 Å². The van der Waals surface area contributed by atoms with Gasteiger partial charge in [-0.05, 0) is 6.07 Å². The van der Waals surface area contributed by atoms with Gasteiger partial charge in [0.05, 0.1) is 18.7 Å². The summed E-state index contributed by atoms with van der Waals surface area (Å²) < 4.78 is 29.1. The molecule has 102 valence electrons. The maximum absolute atomic E-state index is 12.1. The molecule has 0 aromatic heterocycles. The van der Waals surface area contributed by atoms with Crippen LogP contribution in [0.2, 0.25) is 10.0 Å². The number of methoxy groups -OCH3 is 1. The number of hydrogen-bond donors (Lipinski definition) is 2. The van der Waals surface area contributed by atoms with Gasteiger partial charge < -0.3 is 15.2 Å². The van der Waals surface area contributed by atoms with Gasteiger partial charge in [0, 0.05) is 17.6 Å². The molecule has 5 nitrogen and oxygen atoms in total. The van der Waals surface area contributed by atoms with Gasteiger partial charge in [-0.2, -0.15) is 0 Å². The van der Waals surface area contributed by atoms with Crippen LogP contribution in [0.25, 0.3) is 0 Å². The minimum absolute atomic E-state index is 0.00477. The van der Waals surface area contributed by atoms with Crippen LogP contribution in [0.3, 0.4) is 0 Å². The molecular weight excluding hydrogens is 301 g/mol. The first-order chi connectivity index (χ1) is 8.42. The number of halogens is 2. The summed E-state index contributed by atoms with van der Waals surface area (Å²) in [7, 11) is -2.33. The number of aliphatic hydroxyl groups is 1. The lowest BCUT2D eigenvalue weighted by Gasteiger charge is -2.12. The van der Waals surface area contributed by atoms with E-state index in [2.05, 4.69) is 5.32 Å². The summed E-state index contributed by atoms with van der Waals surface area (Å²) >= 11 is 11.7. The van der Waals surface area contributed by atoms with E-state index in [0.717, 1.165) is 0 Å². The molecule has 2 N–H and O–H groups in total. The number of hydrogen-bond acceptors (Lipinski definition) is 5. The van der Waals surface area contributed by atoms with E-state index in [9.17, 15) is 8.42 Å². The van der Waals surface area contributed by atoms with E-state index in [0.29, 0.717) is 5.02 Å². The zero-order valence-electron chi connectivity index (χ0n) is 9.61. The fraction of sp³-hybridized carbons (Fsp3) is 0.400. The molecule has 0 saturated heterocycles. The summed E-state index contributed by atoms with van der Waals surface area (Å²) in [5.74, 6) is -0.246. The van der Waals surface area contributed by atoms with Crippen LogP contribution in [-0.4, -0.2) is 39.7 Å². The maximum atomic E-state index is 12.1. The van der Waals surface area contributed by atoms with Crippen molar-refractivity contribution in [2.45, 2.75) is 4.90 Å². The molecule has 0 aliphatic heterocycles.